The van der Waals surface area contributed by atoms with Crippen LogP contribution in [0.1, 0.15) is 45.4 Å². The molecule has 0 aromatic carbocycles. The fraction of sp³-hybridized carbons (Fsp3) is 0.909. The number of hydrogen-bond acceptors (Lipinski definition) is 2. The van der Waals surface area contributed by atoms with Crippen molar-refractivity contribution in [3.63, 3.8) is 0 Å². The zero-order valence-electron chi connectivity index (χ0n) is 10.0. The topological polar surface area (TPSA) is 37.4 Å². The molecule has 100 valence electrons. The van der Waals surface area contributed by atoms with Crippen LogP contribution in [0.25, 0.3) is 0 Å². The molecular weight excluding hydrogens is 370 g/mol. The van der Waals surface area contributed by atoms with Gasteiger partial charge in [0.1, 0.15) is 20.0 Å². The van der Waals surface area contributed by atoms with Crippen LogP contribution in [0.3, 0.4) is 0 Å². The highest BCUT2D eigenvalue weighted by molar-refractivity contribution is 9.13. The minimum Gasteiger partial charge on any atom is -0.272 e. The van der Waals surface area contributed by atoms with Crippen molar-refractivity contribution in [3.8, 4) is 0 Å². The van der Waals surface area contributed by atoms with Crippen LogP contribution in [0, 0.1) is 0 Å². The van der Waals surface area contributed by atoms with Gasteiger partial charge in [-0.3, -0.25) is 9.10 Å². The molecule has 0 N–H and O–H groups in total. The zero-order valence-corrected chi connectivity index (χ0v) is 14.0. The Hall–Kier alpha value is 0.580. The Morgan fingerprint density at radius 1 is 1.18 bits per heavy atom. The molecule has 0 saturated carbocycles. The molecule has 0 spiro atoms. The van der Waals surface area contributed by atoms with Gasteiger partial charge in [-0.2, -0.15) is 0 Å². The summed E-state index contributed by atoms with van der Waals surface area (Å²) in [7, 11) is -1.22. The Balaban J connectivity index is 2.23. The summed E-state index contributed by atoms with van der Waals surface area (Å²) in [5.41, 5.74) is 0. The number of carbonyl (C=O) groups excluding carboxylic acids is 1. The van der Waals surface area contributed by atoms with Crippen LogP contribution in [0.2, 0.25) is 0 Å². The molecule has 3 unspecified atom stereocenters. The standard InChI is InChI=1S/C11H19Br2NO2S/c1-2-3-4-5-6-7-8-14-11(15)9(12)10(13)17(14)16/h9-10H,2-8H2,1H3. The maximum Gasteiger partial charge on any atom is 0.250 e. The Morgan fingerprint density at radius 3 is 2.29 bits per heavy atom. The van der Waals surface area contributed by atoms with Crippen LogP contribution in [-0.2, 0) is 15.8 Å². The van der Waals surface area contributed by atoms with Gasteiger partial charge in [-0.15, -0.1) is 0 Å². The number of nitrogens with zero attached hydrogens (tertiary/aromatic N) is 1. The third-order valence-electron chi connectivity index (χ3n) is 2.84. The molecule has 0 aromatic heterocycles. The van der Waals surface area contributed by atoms with E-state index in [1.165, 1.54) is 30.0 Å². The minimum atomic E-state index is -1.22. The number of carbonyl (C=O) groups is 1. The Labute approximate surface area is 123 Å². The highest BCUT2D eigenvalue weighted by Crippen LogP contribution is 2.30. The van der Waals surface area contributed by atoms with Gasteiger partial charge in [0.25, 0.3) is 0 Å². The molecule has 0 radical (unpaired) electrons. The van der Waals surface area contributed by atoms with Crippen molar-refractivity contribution >= 4 is 48.8 Å². The van der Waals surface area contributed by atoms with Gasteiger partial charge in [-0.1, -0.05) is 70.9 Å². The van der Waals surface area contributed by atoms with E-state index in [-0.39, 0.29) is 14.9 Å². The molecule has 6 heteroatoms. The average molecular weight is 389 g/mol. The van der Waals surface area contributed by atoms with Crippen molar-refractivity contribution in [1.29, 1.82) is 0 Å². The van der Waals surface area contributed by atoms with E-state index >= 15 is 0 Å². The first-order valence-corrected chi connectivity index (χ1v) is 9.10. The molecule has 1 heterocycles. The van der Waals surface area contributed by atoms with Crippen LogP contribution in [0.5, 0.6) is 0 Å². The summed E-state index contributed by atoms with van der Waals surface area (Å²) in [6.07, 6.45) is 7.04. The normalized spacial score (nSPS) is 29.0. The van der Waals surface area contributed by atoms with Crippen molar-refractivity contribution < 1.29 is 9.00 Å². The average Bonchev–Trinajstić information content (AvgIpc) is 2.50. The van der Waals surface area contributed by atoms with E-state index in [0.29, 0.717) is 6.54 Å². The zero-order chi connectivity index (χ0) is 12.8. The van der Waals surface area contributed by atoms with Crippen LogP contribution in [0.4, 0.5) is 0 Å². The van der Waals surface area contributed by atoms with E-state index in [4.69, 9.17) is 0 Å². The molecule has 1 aliphatic heterocycles. The second kappa shape index (κ2) is 7.89. The van der Waals surface area contributed by atoms with E-state index < -0.39 is 11.0 Å². The molecular formula is C11H19Br2NO2S. The van der Waals surface area contributed by atoms with Crippen LogP contribution in [-0.4, -0.2) is 30.0 Å². The van der Waals surface area contributed by atoms with Crippen molar-refractivity contribution in [2.24, 2.45) is 0 Å². The largest absolute Gasteiger partial charge is 0.272 e. The monoisotopic (exact) mass is 387 g/mol. The first kappa shape index (κ1) is 15.6. The van der Waals surface area contributed by atoms with E-state index in [9.17, 15) is 9.00 Å². The molecule has 1 amide bonds. The lowest BCUT2D eigenvalue weighted by Gasteiger charge is -2.13. The molecule has 17 heavy (non-hydrogen) atoms. The van der Waals surface area contributed by atoms with Crippen LogP contribution >= 0.6 is 31.9 Å². The summed E-state index contributed by atoms with van der Waals surface area (Å²) in [5.74, 6) is -0.0567. The highest BCUT2D eigenvalue weighted by atomic mass is 79.9. The molecule has 1 saturated heterocycles. The Kier molecular flexibility index (Phi) is 7.26. The first-order valence-electron chi connectivity index (χ1n) is 6.09. The lowest BCUT2D eigenvalue weighted by molar-refractivity contribution is -0.124. The van der Waals surface area contributed by atoms with Gasteiger partial charge in [0, 0.05) is 6.54 Å². The van der Waals surface area contributed by atoms with Crippen molar-refractivity contribution in [3.05, 3.63) is 0 Å². The second-order valence-electron chi connectivity index (χ2n) is 4.24. The fourth-order valence-corrected chi connectivity index (χ4v) is 4.73. The Bertz CT molecular complexity index is 269. The molecule has 1 fully saturated rings. The van der Waals surface area contributed by atoms with Gasteiger partial charge >= 0.3 is 0 Å². The maximum atomic E-state index is 11.8. The summed E-state index contributed by atoms with van der Waals surface area (Å²) in [6.45, 7) is 2.81. The summed E-state index contributed by atoms with van der Waals surface area (Å²) < 4.78 is 13.0. The molecule has 1 rings (SSSR count). The number of rotatable bonds is 7. The summed E-state index contributed by atoms with van der Waals surface area (Å²) in [6, 6.07) is 0. The summed E-state index contributed by atoms with van der Waals surface area (Å²) >= 11 is 6.55. The smallest absolute Gasteiger partial charge is 0.250 e. The van der Waals surface area contributed by atoms with Crippen molar-refractivity contribution in [2.75, 3.05) is 6.54 Å². The minimum absolute atomic E-state index is 0.0567. The van der Waals surface area contributed by atoms with Gasteiger partial charge < -0.3 is 0 Å². The molecule has 3 atom stereocenters. The fourth-order valence-electron chi connectivity index (χ4n) is 1.80. The Morgan fingerprint density at radius 2 is 1.76 bits per heavy atom. The van der Waals surface area contributed by atoms with Crippen molar-refractivity contribution in [2.45, 2.75) is 54.4 Å². The van der Waals surface area contributed by atoms with E-state index in [1.54, 1.807) is 0 Å². The lowest BCUT2D eigenvalue weighted by Crippen LogP contribution is -2.28. The van der Waals surface area contributed by atoms with Gasteiger partial charge in [0.05, 0.1) is 0 Å². The highest BCUT2D eigenvalue weighted by Gasteiger charge is 2.43. The van der Waals surface area contributed by atoms with Gasteiger partial charge in [0.2, 0.25) is 5.91 Å². The van der Waals surface area contributed by atoms with E-state index in [1.807, 2.05) is 0 Å². The number of halogens is 2. The van der Waals surface area contributed by atoms with E-state index in [2.05, 4.69) is 38.8 Å². The number of hydrogen-bond donors (Lipinski definition) is 0. The van der Waals surface area contributed by atoms with Crippen molar-refractivity contribution in [1.82, 2.24) is 4.31 Å². The molecule has 0 aliphatic carbocycles. The third kappa shape index (κ3) is 4.31. The summed E-state index contributed by atoms with van der Waals surface area (Å²) in [4.78, 5) is 11.4. The summed E-state index contributed by atoms with van der Waals surface area (Å²) in [5, 5.41) is 0. The maximum absolute atomic E-state index is 11.8. The molecule has 0 bridgehead atoms. The molecule has 3 nitrogen and oxygen atoms in total. The number of alkyl halides is 2. The SMILES string of the molecule is CCCCCCCCN1C(=O)C(Br)C(Br)S1=O. The van der Waals surface area contributed by atoms with Gasteiger partial charge in [0.15, 0.2) is 0 Å². The van der Waals surface area contributed by atoms with Crippen LogP contribution in [0.15, 0.2) is 0 Å². The molecule has 1 aliphatic rings. The third-order valence-corrected chi connectivity index (χ3v) is 7.76. The predicted molar refractivity (Wildman–Crippen MR) is 78.7 cm³/mol. The van der Waals surface area contributed by atoms with Gasteiger partial charge in [-0.05, 0) is 6.42 Å². The van der Waals surface area contributed by atoms with Gasteiger partial charge in [-0.25, -0.2) is 4.21 Å². The number of unbranched alkanes of at least 4 members (excludes halogenated alkanes) is 5. The lowest BCUT2D eigenvalue weighted by atomic mass is 10.1. The number of amides is 1. The van der Waals surface area contributed by atoms with E-state index in [0.717, 1.165) is 12.8 Å². The predicted octanol–water partition coefficient (Wildman–Crippen LogP) is 3.34. The molecule has 0 aromatic rings. The van der Waals surface area contributed by atoms with Crippen LogP contribution < -0.4 is 0 Å². The second-order valence-corrected chi connectivity index (χ2v) is 8.32. The quantitative estimate of drug-likeness (QED) is 0.495. The first-order chi connectivity index (χ1) is 8.09.